The predicted octanol–water partition coefficient (Wildman–Crippen LogP) is 1.30. The third-order valence-corrected chi connectivity index (χ3v) is 0.0891. The van der Waals surface area contributed by atoms with Crippen molar-refractivity contribution < 1.29 is 4.39 Å². The molecule has 0 atom stereocenters. The maximum Gasteiger partial charge on any atom is 0.224 e. The molecule has 22 valence electrons. The molecule has 0 N–H and O–H groups in total. The largest absolute Gasteiger partial charge is 0.224 e. The minimum absolute atomic E-state index is 0.389. The molecule has 4 heavy (non-hydrogen) atoms. The van der Waals surface area contributed by atoms with Gasteiger partial charge in [0, 0.05) is 6.58 Å². The zero-order chi connectivity index (χ0) is 3.41. The SMILES string of the molecule is C=C[CH+]F. The van der Waals surface area contributed by atoms with Gasteiger partial charge in [-0.25, -0.2) is 0 Å². The van der Waals surface area contributed by atoms with Crippen molar-refractivity contribution in [3.63, 3.8) is 0 Å². The molecule has 0 aliphatic rings. The van der Waals surface area contributed by atoms with Crippen molar-refractivity contribution in [1.29, 1.82) is 0 Å². The molecule has 0 spiro atoms. The molecule has 0 aliphatic heterocycles. The van der Waals surface area contributed by atoms with Crippen LogP contribution in [0.15, 0.2) is 12.7 Å². The summed E-state index contributed by atoms with van der Waals surface area (Å²) in [6, 6.07) is 0. The number of allylic oxidation sites excluding steroid dienone is 1. The fourth-order valence-corrected chi connectivity index (χ4v) is 0. The fraction of sp³-hybridized carbons (Fsp3) is 0. The molecule has 0 heterocycles. The summed E-state index contributed by atoms with van der Waals surface area (Å²) in [6.45, 7) is 3.44. The van der Waals surface area contributed by atoms with Crippen LogP contribution >= 0.6 is 0 Å². The molecule has 1 heteroatoms. The van der Waals surface area contributed by atoms with Crippen LogP contribution in [-0.2, 0) is 0 Å². The summed E-state index contributed by atoms with van der Waals surface area (Å²) in [7, 11) is 0. The second-order valence-corrected chi connectivity index (χ2v) is 0.362. The van der Waals surface area contributed by atoms with Gasteiger partial charge in [-0.2, -0.15) is 0 Å². The summed E-state index contributed by atoms with van der Waals surface area (Å²) >= 11 is 0. The van der Waals surface area contributed by atoms with E-state index in [9.17, 15) is 4.39 Å². The van der Waals surface area contributed by atoms with Gasteiger partial charge in [0.2, 0.25) is 6.67 Å². The quantitative estimate of drug-likeness (QED) is 0.399. The topological polar surface area (TPSA) is 0 Å². The lowest BCUT2D eigenvalue weighted by Gasteiger charge is -1.40. The Bertz CT molecular complexity index is 17.2. The van der Waals surface area contributed by atoms with E-state index >= 15 is 0 Å². The maximum absolute atomic E-state index is 10.5. The summed E-state index contributed by atoms with van der Waals surface area (Å²) in [5, 5.41) is 0. The van der Waals surface area contributed by atoms with Gasteiger partial charge in [-0.1, -0.05) is 4.39 Å². The van der Waals surface area contributed by atoms with Crippen molar-refractivity contribution in [2.75, 3.05) is 0 Å². The summed E-state index contributed by atoms with van der Waals surface area (Å²) in [4.78, 5) is 0. The van der Waals surface area contributed by atoms with Gasteiger partial charge in [-0.15, -0.1) is 0 Å². The van der Waals surface area contributed by atoms with Crippen molar-refractivity contribution >= 4 is 0 Å². The van der Waals surface area contributed by atoms with Crippen LogP contribution in [0.25, 0.3) is 0 Å². The lowest BCUT2D eigenvalue weighted by Crippen LogP contribution is -1.34. The van der Waals surface area contributed by atoms with Crippen LogP contribution in [-0.4, -0.2) is 0 Å². The summed E-state index contributed by atoms with van der Waals surface area (Å²) in [6.07, 6.45) is 1.08. The molecule has 0 unspecified atom stereocenters. The molecule has 0 radical (unpaired) electrons. The van der Waals surface area contributed by atoms with Crippen molar-refractivity contribution in [1.82, 2.24) is 0 Å². The van der Waals surface area contributed by atoms with E-state index in [1.54, 1.807) is 0 Å². The van der Waals surface area contributed by atoms with Gasteiger partial charge >= 0.3 is 0 Å². The molecule has 0 nitrogen and oxygen atoms in total. The van der Waals surface area contributed by atoms with Crippen LogP contribution in [0.4, 0.5) is 4.39 Å². The first-order valence-electron chi connectivity index (χ1n) is 0.960. The van der Waals surface area contributed by atoms with E-state index in [4.69, 9.17) is 0 Å². The van der Waals surface area contributed by atoms with E-state index < -0.39 is 0 Å². The molecular formula is C3H4F+. The van der Waals surface area contributed by atoms with Crippen LogP contribution in [0.3, 0.4) is 0 Å². The molecular weight excluding hydrogens is 55.0 g/mol. The minimum Gasteiger partial charge on any atom is -0.0976 e. The summed E-state index contributed by atoms with van der Waals surface area (Å²) < 4.78 is 10.5. The molecule has 0 rings (SSSR count). The van der Waals surface area contributed by atoms with Crippen molar-refractivity contribution in [3.05, 3.63) is 19.3 Å². The zero-order valence-corrected chi connectivity index (χ0v) is 2.24. The summed E-state index contributed by atoms with van der Waals surface area (Å²) in [5.41, 5.74) is 0. The van der Waals surface area contributed by atoms with Crippen LogP contribution in [0.5, 0.6) is 0 Å². The normalized spacial score (nSPS) is 5.25. The second kappa shape index (κ2) is 2.54. The average Bonchev–Trinajstić information content (AvgIpc) is 1.37. The molecule has 0 fully saturated rings. The first-order valence-corrected chi connectivity index (χ1v) is 0.960. The van der Waals surface area contributed by atoms with E-state index in [2.05, 4.69) is 6.58 Å². The first-order chi connectivity index (χ1) is 1.91. The maximum atomic E-state index is 10.5. The Hall–Kier alpha value is -0.460. The van der Waals surface area contributed by atoms with Gasteiger partial charge in [-0.3, -0.25) is 0 Å². The Morgan fingerprint density at radius 2 is 2.25 bits per heavy atom. The molecule has 0 amide bonds. The third kappa shape index (κ3) is 1.54. The van der Waals surface area contributed by atoms with Gasteiger partial charge in [0.05, 0.1) is 0 Å². The number of hydrogen-bond donors (Lipinski definition) is 0. The first kappa shape index (κ1) is 3.54. The Morgan fingerprint density at radius 3 is 2.25 bits per heavy atom. The highest BCUT2D eigenvalue weighted by molar-refractivity contribution is 4.74. The third-order valence-electron chi connectivity index (χ3n) is 0.0891. The van der Waals surface area contributed by atoms with Gasteiger partial charge in [0.1, 0.15) is 6.08 Å². The van der Waals surface area contributed by atoms with E-state index in [1.165, 1.54) is 0 Å². The number of hydrogen-bond acceptors (Lipinski definition) is 0. The second-order valence-electron chi connectivity index (χ2n) is 0.362. The number of rotatable bonds is 1. The van der Waals surface area contributed by atoms with Crippen LogP contribution in [0, 0.1) is 6.67 Å². The minimum atomic E-state index is 0.389. The van der Waals surface area contributed by atoms with Crippen LogP contribution < -0.4 is 0 Å². The predicted molar refractivity (Wildman–Crippen MR) is 15.6 cm³/mol. The van der Waals surface area contributed by atoms with Crippen molar-refractivity contribution in [2.45, 2.75) is 0 Å². The van der Waals surface area contributed by atoms with Crippen LogP contribution in [0.1, 0.15) is 0 Å². The number of halogens is 1. The highest BCUT2D eigenvalue weighted by Crippen LogP contribution is 1.69. The Labute approximate surface area is 24.9 Å². The lowest BCUT2D eigenvalue weighted by molar-refractivity contribution is 0.657. The van der Waals surface area contributed by atoms with Crippen molar-refractivity contribution in [2.24, 2.45) is 0 Å². The van der Waals surface area contributed by atoms with Gasteiger partial charge in [0.15, 0.2) is 0 Å². The van der Waals surface area contributed by atoms with E-state index in [0.717, 1.165) is 6.08 Å². The van der Waals surface area contributed by atoms with Gasteiger partial charge in [-0.05, 0) is 0 Å². The summed E-state index contributed by atoms with van der Waals surface area (Å²) in [5.74, 6) is 0. The van der Waals surface area contributed by atoms with E-state index in [0.29, 0.717) is 6.67 Å². The fourth-order valence-electron chi connectivity index (χ4n) is 0. The highest BCUT2D eigenvalue weighted by atomic mass is 19.1. The Morgan fingerprint density at radius 1 is 2.00 bits per heavy atom. The monoisotopic (exact) mass is 59.0 g/mol. The van der Waals surface area contributed by atoms with Gasteiger partial charge < -0.3 is 0 Å². The molecule has 0 aromatic carbocycles. The Kier molecular flexibility index (Phi) is 2.25. The van der Waals surface area contributed by atoms with E-state index in [-0.39, 0.29) is 0 Å². The standard InChI is InChI=1S/C3H4F/c1-2-3-4/h2-3H,1H2/q+1. The average molecular weight is 59.1 g/mol. The van der Waals surface area contributed by atoms with Gasteiger partial charge in [0.25, 0.3) is 0 Å². The highest BCUT2D eigenvalue weighted by Gasteiger charge is 1.63. The molecule has 0 bridgehead atoms. The molecule has 0 aliphatic carbocycles. The zero-order valence-electron chi connectivity index (χ0n) is 2.24. The smallest absolute Gasteiger partial charge is 0.0976 e. The molecule has 0 saturated heterocycles. The molecule has 0 saturated carbocycles. The van der Waals surface area contributed by atoms with E-state index in [1.807, 2.05) is 0 Å². The lowest BCUT2D eigenvalue weighted by atomic mass is 10.7. The molecule has 0 aromatic rings. The van der Waals surface area contributed by atoms with Crippen LogP contribution in [0.2, 0.25) is 0 Å². The Balaban J connectivity index is 2.30. The van der Waals surface area contributed by atoms with Crippen molar-refractivity contribution in [3.8, 4) is 0 Å². The molecule has 0 aromatic heterocycles.